The molecule has 0 saturated heterocycles. The number of carbonyl (C=O) groups excluding carboxylic acids is 1. The summed E-state index contributed by atoms with van der Waals surface area (Å²) in [7, 11) is 0. The van der Waals surface area contributed by atoms with Gasteiger partial charge < -0.3 is 4.74 Å². The lowest BCUT2D eigenvalue weighted by Crippen LogP contribution is -2.30. The number of carbonyl (C=O) groups is 1. The molecule has 0 N–H and O–H groups in total. The zero-order valence-electron chi connectivity index (χ0n) is 11.5. The fraction of sp³-hybridized carbons (Fsp3) is 0.533. The van der Waals surface area contributed by atoms with Gasteiger partial charge in [0.25, 0.3) is 0 Å². The van der Waals surface area contributed by atoms with Crippen molar-refractivity contribution in [3.63, 3.8) is 0 Å². The lowest BCUT2D eigenvalue weighted by molar-refractivity contribution is -0.125. The van der Waals surface area contributed by atoms with E-state index in [9.17, 15) is 4.79 Å². The SMILES string of the molecule is CCOc1cccc(CC(Br)C(=O)C(C)(C)C)c1. The van der Waals surface area contributed by atoms with Gasteiger partial charge in [-0.2, -0.15) is 0 Å². The number of ketones is 1. The van der Waals surface area contributed by atoms with Crippen LogP contribution in [0.15, 0.2) is 24.3 Å². The van der Waals surface area contributed by atoms with Crippen molar-refractivity contribution in [3.8, 4) is 5.75 Å². The van der Waals surface area contributed by atoms with Gasteiger partial charge >= 0.3 is 0 Å². The van der Waals surface area contributed by atoms with Crippen molar-refractivity contribution in [1.82, 2.24) is 0 Å². The van der Waals surface area contributed by atoms with Crippen LogP contribution in [0.3, 0.4) is 0 Å². The van der Waals surface area contributed by atoms with Gasteiger partial charge in [0.15, 0.2) is 5.78 Å². The van der Waals surface area contributed by atoms with Gasteiger partial charge in [0.1, 0.15) is 5.75 Å². The molecule has 0 aliphatic rings. The molecule has 0 aliphatic carbocycles. The molecule has 0 radical (unpaired) electrons. The third-order valence-electron chi connectivity index (χ3n) is 2.65. The Morgan fingerprint density at radius 2 is 2.06 bits per heavy atom. The molecule has 3 heteroatoms. The topological polar surface area (TPSA) is 26.3 Å². The molecule has 1 unspecified atom stereocenters. The number of hydrogen-bond acceptors (Lipinski definition) is 2. The lowest BCUT2D eigenvalue weighted by atomic mass is 9.87. The summed E-state index contributed by atoms with van der Waals surface area (Å²) in [6.07, 6.45) is 0.691. The molecule has 1 aromatic carbocycles. The first-order valence-electron chi connectivity index (χ1n) is 6.24. The minimum Gasteiger partial charge on any atom is -0.494 e. The first-order valence-corrected chi connectivity index (χ1v) is 7.16. The highest BCUT2D eigenvalue weighted by atomic mass is 79.9. The number of ether oxygens (including phenoxy) is 1. The molecule has 1 atom stereocenters. The molecule has 0 aromatic heterocycles. The molecule has 0 aliphatic heterocycles. The highest BCUT2D eigenvalue weighted by Crippen LogP contribution is 2.24. The van der Waals surface area contributed by atoms with E-state index in [0.29, 0.717) is 13.0 Å². The van der Waals surface area contributed by atoms with Crippen molar-refractivity contribution in [3.05, 3.63) is 29.8 Å². The first-order chi connectivity index (χ1) is 8.34. The zero-order chi connectivity index (χ0) is 13.8. The molecule has 0 saturated carbocycles. The summed E-state index contributed by atoms with van der Waals surface area (Å²) in [5.74, 6) is 1.09. The second-order valence-electron chi connectivity index (χ2n) is 5.37. The van der Waals surface area contributed by atoms with E-state index in [1.54, 1.807) is 0 Å². The summed E-state index contributed by atoms with van der Waals surface area (Å²) in [6.45, 7) is 8.45. The van der Waals surface area contributed by atoms with Crippen molar-refractivity contribution in [2.75, 3.05) is 6.61 Å². The third kappa shape index (κ3) is 4.45. The average Bonchev–Trinajstić information content (AvgIpc) is 2.27. The molecule has 0 heterocycles. The maximum atomic E-state index is 12.1. The Bertz CT molecular complexity index is 407. The molecule has 2 nitrogen and oxygen atoms in total. The van der Waals surface area contributed by atoms with Crippen molar-refractivity contribution in [1.29, 1.82) is 0 Å². The Hall–Kier alpha value is -0.830. The predicted octanol–water partition coefficient (Wildman–Crippen LogP) is 4.01. The van der Waals surface area contributed by atoms with E-state index in [-0.39, 0.29) is 16.0 Å². The van der Waals surface area contributed by atoms with Crippen LogP contribution >= 0.6 is 15.9 Å². The van der Waals surface area contributed by atoms with Gasteiger partial charge in [-0.3, -0.25) is 4.79 Å². The van der Waals surface area contributed by atoms with Crippen LogP contribution in [0.25, 0.3) is 0 Å². The maximum Gasteiger partial charge on any atom is 0.152 e. The fourth-order valence-corrected chi connectivity index (χ4v) is 2.76. The van der Waals surface area contributed by atoms with Crippen molar-refractivity contribution in [2.45, 2.75) is 38.9 Å². The van der Waals surface area contributed by atoms with Crippen LogP contribution < -0.4 is 4.74 Å². The summed E-state index contributed by atoms with van der Waals surface area (Å²) in [5.41, 5.74) is 0.798. The molecule has 0 bridgehead atoms. The minimum absolute atomic E-state index is 0.144. The number of Topliss-reactive ketones (excluding diaryl/α,β-unsaturated/α-hetero) is 1. The summed E-state index contributed by atoms with van der Waals surface area (Å²) >= 11 is 3.49. The van der Waals surface area contributed by atoms with Crippen LogP contribution in [0.1, 0.15) is 33.3 Å². The quantitative estimate of drug-likeness (QED) is 0.768. The van der Waals surface area contributed by atoms with Crippen LogP contribution in [-0.2, 0) is 11.2 Å². The second kappa shape index (κ2) is 6.37. The number of alkyl halides is 1. The number of benzene rings is 1. The third-order valence-corrected chi connectivity index (χ3v) is 3.39. The average molecular weight is 313 g/mol. The fourth-order valence-electron chi connectivity index (χ4n) is 1.70. The van der Waals surface area contributed by atoms with Crippen LogP contribution in [0.4, 0.5) is 0 Å². The van der Waals surface area contributed by atoms with Gasteiger partial charge in [-0.15, -0.1) is 0 Å². The predicted molar refractivity (Wildman–Crippen MR) is 78.5 cm³/mol. The Kier molecular flexibility index (Phi) is 5.39. The Morgan fingerprint density at radius 1 is 1.39 bits per heavy atom. The largest absolute Gasteiger partial charge is 0.494 e. The van der Waals surface area contributed by atoms with Gasteiger partial charge in [0.05, 0.1) is 11.4 Å². The molecule has 100 valence electrons. The second-order valence-corrected chi connectivity index (χ2v) is 6.47. The number of hydrogen-bond donors (Lipinski definition) is 0. The maximum absolute atomic E-state index is 12.1. The molecular formula is C15H21BrO2. The van der Waals surface area contributed by atoms with E-state index in [1.165, 1.54) is 0 Å². The van der Waals surface area contributed by atoms with Crippen LogP contribution in [0, 0.1) is 5.41 Å². The van der Waals surface area contributed by atoms with Crippen LogP contribution in [0.2, 0.25) is 0 Å². The van der Waals surface area contributed by atoms with Crippen molar-refractivity contribution < 1.29 is 9.53 Å². The summed E-state index contributed by atoms with van der Waals surface area (Å²) in [4.78, 5) is 12.0. The Labute approximate surface area is 118 Å². The van der Waals surface area contributed by atoms with E-state index >= 15 is 0 Å². The normalized spacial score (nSPS) is 13.2. The molecule has 0 fully saturated rings. The lowest BCUT2D eigenvalue weighted by Gasteiger charge is -2.20. The van der Waals surface area contributed by atoms with E-state index in [0.717, 1.165) is 11.3 Å². The van der Waals surface area contributed by atoms with Gasteiger partial charge in [-0.25, -0.2) is 0 Å². The smallest absolute Gasteiger partial charge is 0.152 e. The molecular weight excluding hydrogens is 292 g/mol. The molecule has 0 spiro atoms. The first kappa shape index (κ1) is 15.2. The highest BCUT2D eigenvalue weighted by molar-refractivity contribution is 9.10. The molecule has 1 aromatic rings. The van der Waals surface area contributed by atoms with E-state index < -0.39 is 0 Å². The van der Waals surface area contributed by atoms with E-state index in [4.69, 9.17) is 4.74 Å². The standard InChI is InChI=1S/C15H21BrO2/c1-5-18-12-8-6-7-11(9-12)10-13(16)14(17)15(2,3)4/h6-9,13H,5,10H2,1-4H3. The molecule has 1 rings (SSSR count). The Balaban J connectivity index is 2.72. The van der Waals surface area contributed by atoms with Gasteiger partial charge in [-0.1, -0.05) is 48.8 Å². The van der Waals surface area contributed by atoms with Crippen molar-refractivity contribution >= 4 is 21.7 Å². The number of rotatable bonds is 5. The van der Waals surface area contributed by atoms with Crippen molar-refractivity contribution in [2.24, 2.45) is 5.41 Å². The van der Waals surface area contributed by atoms with E-state index in [1.807, 2.05) is 52.0 Å². The molecule has 0 amide bonds. The van der Waals surface area contributed by atoms with Crippen LogP contribution in [-0.4, -0.2) is 17.2 Å². The zero-order valence-corrected chi connectivity index (χ0v) is 13.1. The van der Waals surface area contributed by atoms with Crippen LogP contribution in [0.5, 0.6) is 5.75 Å². The Morgan fingerprint density at radius 3 is 2.61 bits per heavy atom. The highest BCUT2D eigenvalue weighted by Gasteiger charge is 2.27. The monoisotopic (exact) mass is 312 g/mol. The number of halogens is 1. The summed E-state index contributed by atoms with van der Waals surface area (Å²) < 4.78 is 5.46. The summed E-state index contributed by atoms with van der Waals surface area (Å²) in [6, 6.07) is 7.91. The molecule has 18 heavy (non-hydrogen) atoms. The van der Waals surface area contributed by atoms with Gasteiger partial charge in [0.2, 0.25) is 0 Å². The summed E-state index contributed by atoms with van der Waals surface area (Å²) in [5, 5.41) is 0. The van der Waals surface area contributed by atoms with Gasteiger partial charge in [-0.05, 0) is 31.0 Å². The van der Waals surface area contributed by atoms with E-state index in [2.05, 4.69) is 15.9 Å². The van der Waals surface area contributed by atoms with Gasteiger partial charge in [0, 0.05) is 5.41 Å². The minimum atomic E-state index is -0.314.